The molecule has 1 amide bonds. The van der Waals surface area contributed by atoms with Crippen LogP contribution in [0.4, 0.5) is 0 Å². The Balaban J connectivity index is 1.66. The van der Waals surface area contributed by atoms with Gasteiger partial charge >= 0.3 is 5.97 Å². The Morgan fingerprint density at radius 3 is 2.29 bits per heavy atom. The Hall–Kier alpha value is -3.76. The van der Waals surface area contributed by atoms with Crippen LogP contribution >= 0.6 is 0 Å². The molecule has 0 aliphatic carbocycles. The zero-order valence-corrected chi connectivity index (χ0v) is 20.4. The standard InChI is InChI=1S/C25H27N3O6S/c1-16(2)14-22(28-35(32,33)21-11-4-17(3)5-12-21)24(29)27-26-15-20-10-13-23(34-20)18-6-8-19(9-7-18)25(30)31/h4-13,15-16,22,28H,14H2,1-3H3,(H,27,29)(H,30,31)/b26-15-/t22-/m1/s1. The van der Waals surface area contributed by atoms with Crippen molar-refractivity contribution >= 4 is 28.1 Å². The Morgan fingerprint density at radius 1 is 1.03 bits per heavy atom. The van der Waals surface area contributed by atoms with Gasteiger partial charge in [-0.2, -0.15) is 9.82 Å². The van der Waals surface area contributed by atoms with Crippen LogP contribution in [0.3, 0.4) is 0 Å². The van der Waals surface area contributed by atoms with Crippen LogP contribution in [0.1, 0.15) is 41.9 Å². The summed E-state index contributed by atoms with van der Waals surface area (Å²) in [4.78, 5) is 23.8. The number of hydrogen-bond donors (Lipinski definition) is 3. The summed E-state index contributed by atoms with van der Waals surface area (Å²) in [6, 6.07) is 14.9. The number of rotatable bonds is 10. The van der Waals surface area contributed by atoms with Crippen LogP contribution in [0.15, 0.2) is 75.1 Å². The third-order valence-corrected chi connectivity index (χ3v) is 6.55. The Morgan fingerprint density at radius 2 is 1.69 bits per heavy atom. The summed E-state index contributed by atoms with van der Waals surface area (Å²) >= 11 is 0. The normalized spacial score (nSPS) is 12.7. The number of aromatic carboxylic acids is 1. The predicted molar refractivity (Wildman–Crippen MR) is 132 cm³/mol. The molecule has 3 N–H and O–H groups in total. The fourth-order valence-corrected chi connectivity index (χ4v) is 4.45. The van der Waals surface area contributed by atoms with Crippen LogP contribution in [-0.4, -0.2) is 37.7 Å². The Kier molecular flexibility index (Phi) is 8.21. The van der Waals surface area contributed by atoms with E-state index in [4.69, 9.17) is 9.52 Å². The summed E-state index contributed by atoms with van der Waals surface area (Å²) in [5.41, 5.74) is 4.14. The maximum absolute atomic E-state index is 12.8. The summed E-state index contributed by atoms with van der Waals surface area (Å²) in [7, 11) is -3.90. The number of carboxylic acids is 1. The van der Waals surface area contributed by atoms with Crippen LogP contribution in [-0.2, 0) is 14.8 Å². The van der Waals surface area contributed by atoms with Crippen LogP contribution in [0.5, 0.6) is 0 Å². The zero-order chi connectivity index (χ0) is 25.6. The van der Waals surface area contributed by atoms with Crippen LogP contribution in [0.25, 0.3) is 11.3 Å². The van der Waals surface area contributed by atoms with E-state index in [1.807, 2.05) is 20.8 Å². The summed E-state index contributed by atoms with van der Waals surface area (Å²) in [6.45, 7) is 5.63. The van der Waals surface area contributed by atoms with Gasteiger partial charge in [-0.1, -0.05) is 43.7 Å². The highest BCUT2D eigenvalue weighted by molar-refractivity contribution is 7.89. The van der Waals surface area contributed by atoms with Crippen molar-refractivity contribution in [3.05, 3.63) is 77.6 Å². The molecule has 0 spiro atoms. The first-order valence-corrected chi connectivity index (χ1v) is 12.4. The molecule has 0 aliphatic heterocycles. The zero-order valence-electron chi connectivity index (χ0n) is 19.6. The average molecular weight is 498 g/mol. The van der Waals surface area contributed by atoms with Gasteiger partial charge in [0.05, 0.1) is 16.7 Å². The van der Waals surface area contributed by atoms with Crippen molar-refractivity contribution in [1.82, 2.24) is 10.1 Å². The van der Waals surface area contributed by atoms with Gasteiger partial charge in [0, 0.05) is 5.56 Å². The van der Waals surface area contributed by atoms with Gasteiger partial charge in [0.1, 0.15) is 17.6 Å². The van der Waals surface area contributed by atoms with Crippen molar-refractivity contribution in [2.75, 3.05) is 0 Å². The molecule has 3 rings (SSSR count). The highest BCUT2D eigenvalue weighted by Crippen LogP contribution is 2.22. The first kappa shape index (κ1) is 25.9. The molecule has 1 aromatic heterocycles. The van der Waals surface area contributed by atoms with E-state index in [1.165, 1.54) is 30.5 Å². The van der Waals surface area contributed by atoms with Gasteiger partial charge in [-0.15, -0.1) is 0 Å². The lowest BCUT2D eigenvalue weighted by Gasteiger charge is -2.19. The lowest BCUT2D eigenvalue weighted by Crippen LogP contribution is -2.46. The molecule has 2 aromatic carbocycles. The summed E-state index contributed by atoms with van der Waals surface area (Å²) in [5.74, 6) is -0.713. The van der Waals surface area contributed by atoms with Gasteiger partial charge in [0.25, 0.3) is 5.91 Å². The second-order valence-electron chi connectivity index (χ2n) is 8.44. The van der Waals surface area contributed by atoms with Gasteiger partial charge in [0.15, 0.2) is 0 Å². The van der Waals surface area contributed by atoms with Gasteiger partial charge in [-0.25, -0.2) is 18.6 Å². The molecule has 0 aliphatic rings. The van der Waals surface area contributed by atoms with Crippen molar-refractivity contribution < 1.29 is 27.5 Å². The lowest BCUT2D eigenvalue weighted by molar-refractivity contribution is -0.123. The van der Waals surface area contributed by atoms with E-state index in [1.54, 1.807) is 36.4 Å². The number of nitrogens with zero attached hydrogens (tertiary/aromatic N) is 1. The topological polar surface area (TPSA) is 138 Å². The second kappa shape index (κ2) is 11.1. The molecule has 9 nitrogen and oxygen atoms in total. The molecule has 10 heteroatoms. The highest BCUT2D eigenvalue weighted by atomic mass is 32.2. The van der Waals surface area contributed by atoms with Crippen LogP contribution in [0, 0.1) is 12.8 Å². The third-order valence-electron chi connectivity index (χ3n) is 5.06. The summed E-state index contributed by atoms with van der Waals surface area (Å²) in [6.07, 6.45) is 1.58. The van der Waals surface area contributed by atoms with Crippen molar-refractivity contribution in [3.8, 4) is 11.3 Å². The van der Waals surface area contributed by atoms with E-state index in [9.17, 15) is 18.0 Å². The monoisotopic (exact) mass is 497 g/mol. The van der Waals surface area contributed by atoms with Gasteiger partial charge in [0.2, 0.25) is 10.0 Å². The number of furan rings is 1. The van der Waals surface area contributed by atoms with Crippen LogP contribution < -0.4 is 10.1 Å². The van der Waals surface area contributed by atoms with Crippen molar-refractivity contribution in [1.29, 1.82) is 0 Å². The number of sulfonamides is 1. The van der Waals surface area contributed by atoms with E-state index in [2.05, 4.69) is 15.2 Å². The smallest absolute Gasteiger partial charge is 0.335 e. The van der Waals surface area contributed by atoms with E-state index in [0.29, 0.717) is 17.1 Å². The first-order valence-electron chi connectivity index (χ1n) is 10.9. The number of hydrogen-bond acceptors (Lipinski definition) is 6. The number of benzene rings is 2. The molecule has 1 heterocycles. The van der Waals surface area contributed by atoms with E-state index in [-0.39, 0.29) is 22.8 Å². The number of aryl methyl sites for hydroxylation is 1. The van der Waals surface area contributed by atoms with Crippen molar-refractivity contribution in [2.24, 2.45) is 11.0 Å². The average Bonchev–Trinajstić information content (AvgIpc) is 3.27. The van der Waals surface area contributed by atoms with Gasteiger partial charge in [-0.3, -0.25) is 4.79 Å². The minimum atomic E-state index is -3.90. The lowest BCUT2D eigenvalue weighted by atomic mass is 10.0. The van der Waals surface area contributed by atoms with Crippen molar-refractivity contribution in [2.45, 2.75) is 38.1 Å². The molecule has 35 heavy (non-hydrogen) atoms. The van der Waals surface area contributed by atoms with Crippen molar-refractivity contribution in [3.63, 3.8) is 0 Å². The maximum Gasteiger partial charge on any atom is 0.335 e. The van der Waals surface area contributed by atoms with E-state index in [0.717, 1.165) is 5.56 Å². The molecular weight excluding hydrogens is 470 g/mol. The number of nitrogens with one attached hydrogen (secondary N) is 2. The summed E-state index contributed by atoms with van der Waals surface area (Å²) < 4.78 is 33.6. The Labute approximate surface area is 203 Å². The molecule has 0 radical (unpaired) electrons. The minimum Gasteiger partial charge on any atom is -0.478 e. The van der Waals surface area contributed by atoms with Gasteiger partial charge < -0.3 is 9.52 Å². The molecule has 3 aromatic rings. The second-order valence-corrected chi connectivity index (χ2v) is 10.1. The number of carbonyl (C=O) groups excluding carboxylic acids is 1. The minimum absolute atomic E-state index is 0.0515. The third kappa shape index (κ3) is 7.11. The number of carboxylic acid groups (broad SMARTS) is 1. The maximum atomic E-state index is 12.8. The molecule has 0 fully saturated rings. The molecule has 0 saturated carbocycles. The molecule has 0 unspecified atom stereocenters. The predicted octanol–water partition coefficient (Wildman–Crippen LogP) is 3.80. The van der Waals surface area contributed by atoms with E-state index < -0.39 is 27.9 Å². The number of amides is 1. The number of hydrazone groups is 1. The Bertz CT molecular complexity index is 1310. The number of carbonyl (C=O) groups is 2. The molecule has 0 saturated heterocycles. The molecular formula is C25H27N3O6S. The quantitative estimate of drug-likeness (QED) is 0.288. The SMILES string of the molecule is Cc1ccc(S(=O)(=O)N[C@H](CC(C)C)C(=O)N/N=C\c2ccc(-c3ccc(C(=O)O)cc3)o2)cc1. The largest absolute Gasteiger partial charge is 0.478 e. The van der Waals surface area contributed by atoms with E-state index >= 15 is 0 Å². The summed E-state index contributed by atoms with van der Waals surface area (Å²) in [5, 5.41) is 12.9. The highest BCUT2D eigenvalue weighted by Gasteiger charge is 2.26. The van der Waals surface area contributed by atoms with Gasteiger partial charge in [-0.05, 0) is 55.7 Å². The molecule has 184 valence electrons. The molecule has 0 bridgehead atoms. The fraction of sp³-hybridized carbons (Fsp3) is 0.240. The molecule has 1 atom stereocenters. The fourth-order valence-electron chi connectivity index (χ4n) is 3.24. The first-order chi connectivity index (χ1) is 16.5. The van der Waals surface area contributed by atoms with Crippen LogP contribution in [0.2, 0.25) is 0 Å².